The van der Waals surface area contributed by atoms with E-state index >= 15 is 0 Å². The first-order valence-electron chi connectivity index (χ1n) is 17.8. The molecule has 0 amide bonds. The van der Waals surface area contributed by atoms with E-state index in [-0.39, 0.29) is 0 Å². The average molecular weight is 668 g/mol. The van der Waals surface area contributed by atoms with Crippen LogP contribution in [0.15, 0.2) is 206 Å². The largest absolute Gasteiger partial charge is 0.456 e. The number of aryl methyl sites for hydroxylation is 1. The first-order chi connectivity index (χ1) is 25.7. The Kier molecular flexibility index (Phi) is 7.98. The molecule has 1 aliphatic rings. The van der Waals surface area contributed by atoms with Gasteiger partial charge < -0.3 is 9.64 Å². The summed E-state index contributed by atoms with van der Waals surface area (Å²) in [5.41, 5.74) is 13.2. The van der Waals surface area contributed by atoms with Crippen LogP contribution < -0.4 is 9.64 Å². The Morgan fingerprint density at radius 3 is 1.56 bits per heavy atom. The van der Waals surface area contributed by atoms with E-state index in [1.54, 1.807) is 0 Å². The van der Waals surface area contributed by atoms with Crippen LogP contribution in [-0.2, 0) is 5.41 Å². The highest BCUT2D eigenvalue weighted by molar-refractivity contribution is 5.83. The molecule has 0 N–H and O–H groups in total. The average Bonchev–Trinajstić information content (AvgIpc) is 3.21. The van der Waals surface area contributed by atoms with Crippen LogP contribution in [0.5, 0.6) is 11.5 Å². The maximum atomic E-state index is 6.93. The van der Waals surface area contributed by atoms with Crippen molar-refractivity contribution >= 4 is 17.1 Å². The van der Waals surface area contributed by atoms with E-state index in [0.29, 0.717) is 0 Å². The number of para-hydroxylation sites is 2. The molecule has 52 heavy (non-hydrogen) atoms. The number of rotatable bonds is 7. The third kappa shape index (κ3) is 5.37. The molecule has 2 heteroatoms. The maximum Gasteiger partial charge on any atom is 0.140 e. The second kappa shape index (κ2) is 13.2. The second-order valence-electron chi connectivity index (χ2n) is 13.4. The monoisotopic (exact) mass is 667 g/mol. The highest BCUT2D eigenvalue weighted by Gasteiger charge is 2.45. The van der Waals surface area contributed by atoms with Gasteiger partial charge in [-0.3, -0.25) is 0 Å². The van der Waals surface area contributed by atoms with Gasteiger partial charge in [0.15, 0.2) is 0 Å². The van der Waals surface area contributed by atoms with E-state index < -0.39 is 5.41 Å². The van der Waals surface area contributed by atoms with Crippen LogP contribution in [0.3, 0.4) is 0 Å². The minimum absolute atomic E-state index is 0.559. The molecule has 0 radical (unpaired) electrons. The quantitative estimate of drug-likeness (QED) is 0.168. The van der Waals surface area contributed by atoms with E-state index in [1.807, 2.05) is 0 Å². The summed E-state index contributed by atoms with van der Waals surface area (Å²) in [6.45, 7) is 2.14. The fourth-order valence-electron chi connectivity index (χ4n) is 7.89. The molecule has 0 aromatic heterocycles. The molecule has 0 fully saturated rings. The van der Waals surface area contributed by atoms with Gasteiger partial charge in [-0.05, 0) is 82.8 Å². The summed E-state index contributed by atoms with van der Waals surface area (Å²) in [7, 11) is 0. The Hall–Kier alpha value is -6.64. The normalized spacial score (nSPS) is 12.6. The standard InChI is InChI=1S/C50H37NO/c1-36-15-13-22-44(35-36)51(42-31-27-38(28-32-42)37-16-5-2-6-17-37)43-33-29-39(30-34-43)45-23-14-25-47-49(45)52-48-26-12-11-24-46(48)50(47,40-18-7-3-8-19-40)41-20-9-4-10-21-41/h2-35H,1H3. The highest BCUT2D eigenvalue weighted by Crippen LogP contribution is 2.57. The topological polar surface area (TPSA) is 12.5 Å². The van der Waals surface area contributed by atoms with E-state index in [1.165, 1.54) is 27.8 Å². The van der Waals surface area contributed by atoms with Crippen molar-refractivity contribution in [1.82, 2.24) is 0 Å². The fraction of sp³-hybridized carbons (Fsp3) is 0.0400. The third-order valence-electron chi connectivity index (χ3n) is 10.3. The van der Waals surface area contributed by atoms with Crippen LogP contribution in [0.25, 0.3) is 22.3 Å². The van der Waals surface area contributed by atoms with Gasteiger partial charge in [0, 0.05) is 33.8 Å². The molecule has 248 valence electrons. The van der Waals surface area contributed by atoms with E-state index in [4.69, 9.17) is 4.74 Å². The van der Waals surface area contributed by atoms with Crippen LogP contribution in [0, 0.1) is 6.92 Å². The molecular formula is C50H37NO. The zero-order valence-electron chi connectivity index (χ0n) is 29.0. The number of hydrogen-bond acceptors (Lipinski definition) is 2. The number of fused-ring (bicyclic) bond motifs is 2. The van der Waals surface area contributed by atoms with Gasteiger partial charge in [-0.2, -0.15) is 0 Å². The Bertz CT molecular complexity index is 2430. The van der Waals surface area contributed by atoms with Crippen molar-refractivity contribution in [2.45, 2.75) is 12.3 Å². The Morgan fingerprint density at radius 1 is 0.404 bits per heavy atom. The van der Waals surface area contributed by atoms with Crippen molar-refractivity contribution in [3.63, 3.8) is 0 Å². The molecule has 0 saturated carbocycles. The molecule has 8 aromatic rings. The van der Waals surface area contributed by atoms with Crippen molar-refractivity contribution in [2.75, 3.05) is 4.90 Å². The molecule has 1 heterocycles. The van der Waals surface area contributed by atoms with Gasteiger partial charge in [0.05, 0.1) is 5.41 Å². The van der Waals surface area contributed by atoms with E-state index in [0.717, 1.165) is 50.8 Å². The maximum absolute atomic E-state index is 6.93. The second-order valence-corrected chi connectivity index (χ2v) is 13.4. The molecule has 0 bridgehead atoms. The van der Waals surface area contributed by atoms with Gasteiger partial charge in [0.2, 0.25) is 0 Å². The first kappa shape index (κ1) is 31.3. The number of anilines is 3. The zero-order valence-corrected chi connectivity index (χ0v) is 29.0. The van der Waals surface area contributed by atoms with Gasteiger partial charge >= 0.3 is 0 Å². The van der Waals surface area contributed by atoms with Gasteiger partial charge in [-0.1, -0.05) is 164 Å². The molecule has 0 aliphatic carbocycles. The molecule has 1 aliphatic heterocycles. The van der Waals surface area contributed by atoms with Crippen LogP contribution in [0.2, 0.25) is 0 Å². The summed E-state index contributed by atoms with van der Waals surface area (Å²) in [6.07, 6.45) is 0. The van der Waals surface area contributed by atoms with Gasteiger partial charge in [-0.25, -0.2) is 0 Å². The van der Waals surface area contributed by atoms with Crippen LogP contribution in [0.4, 0.5) is 17.1 Å². The molecule has 0 atom stereocenters. The van der Waals surface area contributed by atoms with Crippen molar-refractivity contribution < 1.29 is 4.74 Å². The van der Waals surface area contributed by atoms with Crippen LogP contribution in [0.1, 0.15) is 27.8 Å². The highest BCUT2D eigenvalue weighted by atomic mass is 16.5. The van der Waals surface area contributed by atoms with Gasteiger partial charge in [0.25, 0.3) is 0 Å². The molecule has 0 spiro atoms. The van der Waals surface area contributed by atoms with Crippen LogP contribution in [-0.4, -0.2) is 0 Å². The van der Waals surface area contributed by atoms with Crippen molar-refractivity contribution in [3.8, 4) is 33.8 Å². The molecular weight excluding hydrogens is 631 g/mol. The minimum Gasteiger partial charge on any atom is -0.456 e. The number of nitrogens with zero attached hydrogens (tertiary/aromatic N) is 1. The number of hydrogen-bond donors (Lipinski definition) is 0. The minimum atomic E-state index is -0.559. The lowest BCUT2D eigenvalue weighted by atomic mass is 9.63. The number of ether oxygens (including phenoxy) is 1. The summed E-state index contributed by atoms with van der Waals surface area (Å²) in [5.74, 6) is 1.75. The van der Waals surface area contributed by atoms with Gasteiger partial charge in [-0.15, -0.1) is 0 Å². The predicted octanol–water partition coefficient (Wildman–Crippen LogP) is 13.3. The van der Waals surface area contributed by atoms with Crippen molar-refractivity contribution in [2.24, 2.45) is 0 Å². The molecule has 9 rings (SSSR count). The molecule has 0 unspecified atom stereocenters. The van der Waals surface area contributed by atoms with E-state index in [9.17, 15) is 0 Å². The lowest BCUT2D eigenvalue weighted by Crippen LogP contribution is -2.34. The lowest BCUT2D eigenvalue weighted by Gasteiger charge is -2.42. The zero-order chi connectivity index (χ0) is 34.9. The summed E-state index contributed by atoms with van der Waals surface area (Å²) in [6, 6.07) is 73.7. The first-order valence-corrected chi connectivity index (χ1v) is 17.8. The van der Waals surface area contributed by atoms with Crippen molar-refractivity contribution in [3.05, 3.63) is 234 Å². The summed E-state index contributed by atoms with van der Waals surface area (Å²) in [5, 5.41) is 0. The molecule has 8 aromatic carbocycles. The van der Waals surface area contributed by atoms with E-state index in [2.05, 4.69) is 218 Å². The Morgan fingerprint density at radius 2 is 0.923 bits per heavy atom. The Labute approximate surface area is 305 Å². The third-order valence-corrected chi connectivity index (χ3v) is 10.3. The molecule has 2 nitrogen and oxygen atoms in total. The Balaban J connectivity index is 1.17. The van der Waals surface area contributed by atoms with Crippen molar-refractivity contribution in [1.29, 1.82) is 0 Å². The number of benzene rings is 8. The summed E-state index contributed by atoms with van der Waals surface area (Å²) >= 11 is 0. The predicted molar refractivity (Wildman–Crippen MR) is 215 cm³/mol. The molecule has 0 saturated heterocycles. The summed E-state index contributed by atoms with van der Waals surface area (Å²) in [4.78, 5) is 2.33. The lowest BCUT2D eigenvalue weighted by molar-refractivity contribution is 0.436. The smallest absolute Gasteiger partial charge is 0.140 e. The SMILES string of the molecule is Cc1cccc(N(c2ccc(-c3ccccc3)cc2)c2ccc(-c3cccc4c3Oc3ccccc3C4(c3ccccc3)c3ccccc3)cc2)c1. The van der Waals surface area contributed by atoms with Gasteiger partial charge in [0.1, 0.15) is 11.5 Å². The van der Waals surface area contributed by atoms with Crippen LogP contribution >= 0.6 is 0 Å². The fourth-order valence-corrected chi connectivity index (χ4v) is 7.89. The summed E-state index contributed by atoms with van der Waals surface area (Å²) < 4.78 is 6.93.